The number of anilines is 3. The normalized spacial score (nSPS) is 13.3. The molecule has 0 aromatic heterocycles. The van der Waals surface area contributed by atoms with Crippen molar-refractivity contribution in [2.24, 2.45) is 0 Å². The van der Waals surface area contributed by atoms with E-state index in [1.807, 2.05) is 6.19 Å². The first-order valence-electron chi connectivity index (χ1n) is 9.95. The molecule has 31 heavy (non-hydrogen) atoms. The van der Waals surface area contributed by atoms with Crippen LogP contribution in [0.2, 0.25) is 0 Å². The van der Waals surface area contributed by atoms with Gasteiger partial charge >= 0.3 is 0 Å². The van der Waals surface area contributed by atoms with Gasteiger partial charge < -0.3 is 9.64 Å². The van der Waals surface area contributed by atoms with Crippen LogP contribution in [0.5, 0.6) is 5.75 Å². The second-order valence-corrected chi connectivity index (χ2v) is 6.96. The highest BCUT2D eigenvalue weighted by molar-refractivity contribution is 6.09. The molecule has 0 radical (unpaired) electrons. The van der Waals surface area contributed by atoms with Gasteiger partial charge in [0.15, 0.2) is 6.19 Å². The van der Waals surface area contributed by atoms with Gasteiger partial charge in [0.2, 0.25) is 5.91 Å². The van der Waals surface area contributed by atoms with Crippen molar-refractivity contribution >= 4 is 28.9 Å². The summed E-state index contributed by atoms with van der Waals surface area (Å²) in [4.78, 5) is 27.9. The smallest absolute Gasteiger partial charge is 0.289 e. The molecular weight excluding hydrogens is 394 g/mol. The first-order valence-corrected chi connectivity index (χ1v) is 9.95. The molecule has 0 aliphatic carbocycles. The molecule has 0 saturated carbocycles. The van der Waals surface area contributed by atoms with Crippen molar-refractivity contribution in [1.29, 1.82) is 5.26 Å². The third-order valence-corrected chi connectivity index (χ3v) is 5.12. The number of carbonyl (C=O) groups excluding carboxylic acids is 2. The number of nitrogens with zero attached hydrogens (tertiary/aromatic N) is 4. The monoisotopic (exact) mass is 419 g/mol. The molecular formula is C23H25N5O3. The van der Waals surface area contributed by atoms with E-state index < -0.39 is 5.91 Å². The second-order valence-electron chi connectivity index (χ2n) is 6.96. The predicted molar refractivity (Wildman–Crippen MR) is 119 cm³/mol. The lowest BCUT2D eigenvalue weighted by Crippen LogP contribution is -2.41. The lowest BCUT2D eigenvalue weighted by atomic mass is 10.1. The number of hydrogen-bond donors (Lipinski definition) is 1. The van der Waals surface area contributed by atoms with E-state index in [1.54, 1.807) is 67.6 Å². The zero-order chi connectivity index (χ0) is 22.4. The standard InChI is InChI=1S/C23H25N5O3/c1-17(28(25-2)20-11-13-21(31-3)14-12-20)23(30)27(16-24)19-9-7-18(8-10-19)26-15-5-4-6-22(26)29/h7-14,25H,1,4-6,15H2,2-3H3. The van der Waals surface area contributed by atoms with Gasteiger partial charge in [0.25, 0.3) is 5.91 Å². The average molecular weight is 419 g/mol. The topological polar surface area (TPSA) is 88.9 Å². The number of amides is 2. The number of hydrazine groups is 1. The van der Waals surface area contributed by atoms with E-state index in [9.17, 15) is 14.9 Å². The van der Waals surface area contributed by atoms with Crippen LogP contribution in [-0.2, 0) is 9.59 Å². The minimum atomic E-state index is -0.575. The summed E-state index contributed by atoms with van der Waals surface area (Å²) in [6, 6.07) is 13.9. The Bertz CT molecular complexity index is 995. The van der Waals surface area contributed by atoms with Gasteiger partial charge in [-0.2, -0.15) is 5.26 Å². The number of rotatable bonds is 7. The Kier molecular flexibility index (Phi) is 6.90. The van der Waals surface area contributed by atoms with E-state index in [0.717, 1.165) is 23.4 Å². The van der Waals surface area contributed by atoms with Gasteiger partial charge in [-0.15, -0.1) is 0 Å². The number of piperidine rings is 1. The molecule has 8 heteroatoms. The summed E-state index contributed by atoms with van der Waals surface area (Å²) in [5, 5.41) is 11.1. The van der Waals surface area contributed by atoms with Gasteiger partial charge in [-0.05, 0) is 61.4 Å². The highest BCUT2D eigenvalue weighted by atomic mass is 16.5. The number of carbonyl (C=O) groups is 2. The molecule has 1 aliphatic heterocycles. The minimum Gasteiger partial charge on any atom is -0.497 e. The Morgan fingerprint density at radius 3 is 2.32 bits per heavy atom. The maximum Gasteiger partial charge on any atom is 0.289 e. The van der Waals surface area contributed by atoms with Crippen molar-refractivity contribution < 1.29 is 14.3 Å². The van der Waals surface area contributed by atoms with Gasteiger partial charge in [0.05, 0.1) is 18.5 Å². The summed E-state index contributed by atoms with van der Waals surface area (Å²) in [6.45, 7) is 4.55. The van der Waals surface area contributed by atoms with Crippen LogP contribution in [0.15, 0.2) is 60.8 Å². The van der Waals surface area contributed by atoms with E-state index >= 15 is 0 Å². The van der Waals surface area contributed by atoms with E-state index in [1.165, 1.54) is 5.01 Å². The Hall–Kier alpha value is -3.83. The average Bonchev–Trinajstić information content (AvgIpc) is 2.81. The third-order valence-electron chi connectivity index (χ3n) is 5.12. The van der Waals surface area contributed by atoms with E-state index in [0.29, 0.717) is 30.1 Å². The van der Waals surface area contributed by atoms with Crippen LogP contribution < -0.4 is 25.0 Å². The summed E-state index contributed by atoms with van der Waals surface area (Å²) >= 11 is 0. The van der Waals surface area contributed by atoms with Gasteiger partial charge in [0.1, 0.15) is 11.4 Å². The van der Waals surface area contributed by atoms with Crippen molar-refractivity contribution in [2.45, 2.75) is 19.3 Å². The summed E-state index contributed by atoms with van der Waals surface area (Å²) in [5.74, 6) is 0.196. The maximum atomic E-state index is 13.0. The molecule has 0 spiro atoms. The largest absolute Gasteiger partial charge is 0.497 e. The fraction of sp³-hybridized carbons (Fsp3) is 0.261. The van der Waals surface area contributed by atoms with E-state index in [4.69, 9.17) is 4.74 Å². The molecule has 0 atom stereocenters. The number of hydrogen-bond acceptors (Lipinski definition) is 6. The van der Waals surface area contributed by atoms with Crippen molar-refractivity contribution in [3.05, 3.63) is 60.8 Å². The molecule has 2 amide bonds. The van der Waals surface area contributed by atoms with Gasteiger partial charge in [-0.25, -0.2) is 10.3 Å². The van der Waals surface area contributed by atoms with Crippen LogP contribution in [0, 0.1) is 11.5 Å². The molecule has 1 heterocycles. The molecule has 0 bridgehead atoms. The fourth-order valence-corrected chi connectivity index (χ4v) is 3.46. The fourth-order valence-electron chi connectivity index (χ4n) is 3.46. The van der Waals surface area contributed by atoms with Crippen LogP contribution in [0.3, 0.4) is 0 Å². The molecule has 0 unspecified atom stereocenters. The predicted octanol–water partition coefficient (Wildman–Crippen LogP) is 3.18. The molecule has 1 saturated heterocycles. The number of methoxy groups -OCH3 is 1. The minimum absolute atomic E-state index is 0.0736. The maximum absolute atomic E-state index is 13.0. The molecule has 1 fully saturated rings. The Morgan fingerprint density at radius 1 is 1.13 bits per heavy atom. The SMILES string of the molecule is C=C(C(=O)N(C#N)c1ccc(N2CCCCC2=O)cc1)N(NC)c1ccc(OC)cc1. The number of benzene rings is 2. The molecule has 160 valence electrons. The van der Waals surface area contributed by atoms with Crippen LogP contribution >= 0.6 is 0 Å². The molecule has 2 aromatic carbocycles. The second kappa shape index (κ2) is 9.78. The molecule has 1 N–H and O–H groups in total. The highest BCUT2D eigenvalue weighted by Gasteiger charge is 2.25. The summed E-state index contributed by atoms with van der Waals surface area (Å²) in [5.41, 5.74) is 4.81. The summed E-state index contributed by atoms with van der Waals surface area (Å²) in [7, 11) is 3.23. The van der Waals surface area contributed by atoms with E-state index in [-0.39, 0.29) is 11.6 Å². The number of ether oxygens (including phenoxy) is 1. The van der Waals surface area contributed by atoms with Crippen molar-refractivity contribution in [1.82, 2.24) is 5.43 Å². The first-order chi connectivity index (χ1) is 15.0. The first kappa shape index (κ1) is 21.9. The Balaban J connectivity index is 1.78. The molecule has 1 aliphatic rings. The molecule has 2 aromatic rings. The summed E-state index contributed by atoms with van der Waals surface area (Å²) in [6.07, 6.45) is 4.33. The van der Waals surface area contributed by atoms with Crippen molar-refractivity contribution in [2.75, 3.05) is 35.5 Å². The van der Waals surface area contributed by atoms with E-state index in [2.05, 4.69) is 12.0 Å². The molecule has 8 nitrogen and oxygen atoms in total. The highest BCUT2D eigenvalue weighted by Crippen LogP contribution is 2.26. The Labute approximate surface area is 181 Å². The zero-order valence-corrected chi connectivity index (χ0v) is 17.7. The van der Waals surface area contributed by atoms with Crippen LogP contribution in [-0.4, -0.2) is 32.5 Å². The van der Waals surface area contributed by atoms with Crippen LogP contribution in [0.1, 0.15) is 19.3 Å². The number of nitriles is 1. The third kappa shape index (κ3) is 4.68. The van der Waals surface area contributed by atoms with Gasteiger partial charge in [-0.3, -0.25) is 14.6 Å². The van der Waals surface area contributed by atoms with Crippen molar-refractivity contribution in [3.8, 4) is 11.9 Å². The van der Waals surface area contributed by atoms with Gasteiger partial charge in [0, 0.05) is 25.7 Å². The lowest BCUT2D eigenvalue weighted by Gasteiger charge is -2.28. The van der Waals surface area contributed by atoms with Crippen molar-refractivity contribution in [3.63, 3.8) is 0 Å². The zero-order valence-electron chi connectivity index (χ0n) is 17.7. The van der Waals surface area contributed by atoms with Crippen LogP contribution in [0.4, 0.5) is 17.1 Å². The summed E-state index contributed by atoms with van der Waals surface area (Å²) < 4.78 is 5.16. The lowest BCUT2D eigenvalue weighted by molar-refractivity contribution is -0.119. The van der Waals surface area contributed by atoms with Gasteiger partial charge in [-0.1, -0.05) is 6.58 Å². The Morgan fingerprint density at radius 2 is 1.77 bits per heavy atom. The van der Waals surface area contributed by atoms with Crippen LogP contribution in [0.25, 0.3) is 0 Å². The number of nitrogens with one attached hydrogen (secondary N) is 1. The molecule has 3 rings (SSSR count). The quantitative estimate of drug-likeness (QED) is 0.321.